The van der Waals surface area contributed by atoms with Gasteiger partial charge >= 0.3 is 0 Å². The maximum atomic E-state index is 9.58. The third-order valence-electron chi connectivity index (χ3n) is 3.35. The molecule has 2 fully saturated rings. The summed E-state index contributed by atoms with van der Waals surface area (Å²) in [4.78, 5) is 0. The first-order valence-electron chi connectivity index (χ1n) is 5.65. The van der Waals surface area contributed by atoms with Crippen LogP contribution in [0.25, 0.3) is 0 Å². The Morgan fingerprint density at radius 2 is 1.93 bits per heavy atom. The lowest BCUT2D eigenvalue weighted by Crippen LogP contribution is -2.50. The van der Waals surface area contributed by atoms with Crippen LogP contribution in [0.1, 0.15) is 46.0 Å². The second-order valence-electron chi connectivity index (χ2n) is 4.66. The summed E-state index contributed by atoms with van der Waals surface area (Å²) in [6, 6.07) is 0. The quantitative estimate of drug-likeness (QED) is 0.648. The molecule has 82 valence electrons. The number of hydrogen-bond acceptors (Lipinski definition) is 3. The Morgan fingerprint density at radius 1 is 1.14 bits per heavy atom. The molecule has 1 spiro atoms. The van der Waals surface area contributed by atoms with Crippen LogP contribution in [0.5, 0.6) is 0 Å². The summed E-state index contributed by atoms with van der Waals surface area (Å²) >= 11 is 0. The molecule has 0 saturated carbocycles. The topological polar surface area (TPSA) is 38.7 Å². The van der Waals surface area contributed by atoms with Crippen LogP contribution in [-0.2, 0) is 9.47 Å². The van der Waals surface area contributed by atoms with Gasteiger partial charge in [-0.3, -0.25) is 0 Å². The van der Waals surface area contributed by atoms with Crippen molar-refractivity contribution in [3.63, 3.8) is 0 Å². The summed E-state index contributed by atoms with van der Waals surface area (Å²) in [6.07, 6.45) is 4.80. The Balaban J connectivity index is 2.01. The van der Waals surface area contributed by atoms with Gasteiger partial charge in [-0.15, -0.1) is 0 Å². The number of aliphatic hydroxyl groups is 1. The summed E-state index contributed by atoms with van der Waals surface area (Å²) in [5, 5.41) is 9.58. The highest BCUT2D eigenvalue weighted by atomic mass is 16.7. The third-order valence-corrected chi connectivity index (χ3v) is 3.35. The molecule has 0 aromatic heterocycles. The summed E-state index contributed by atoms with van der Waals surface area (Å²) < 4.78 is 11.7. The molecule has 2 rings (SSSR count). The van der Waals surface area contributed by atoms with Gasteiger partial charge in [-0.25, -0.2) is 0 Å². The Kier molecular flexibility index (Phi) is 2.82. The minimum absolute atomic E-state index is 0.0888. The normalized spacial score (nSPS) is 49.5. The van der Waals surface area contributed by atoms with E-state index in [1.807, 2.05) is 6.92 Å². The van der Waals surface area contributed by atoms with Gasteiger partial charge in [-0.05, 0) is 33.1 Å². The molecule has 2 aliphatic rings. The maximum Gasteiger partial charge on any atom is 0.169 e. The molecule has 3 nitrogen and oxygen atoms in total. The molecule has 0 amide bonds. The number of aliphatic hydroxyl groups excluding tert-OH is 1. The molecule has 3 heteroatoms. The van der Waals surface area contributed by atoms with E-state index in [-0.39, 0.29) is 18.0 Å². The zero-order chi connectivity index (χ0) is 10.2. The highest BCUT2D eigenvalue weighted by molar-refractivity contribution is 4.85. The van der Waals surface area contributed by atoms with Crippen LogP contribution in [0.3, 0.4) is 0 Å². The van der Waals surface area contributed by atoms with Gasteiger partial charge in [0, 0.05) is 12.8 Å². The van der Waals surface area contributed by atoms with Crippen LogP contribution < -0.4 is 0 Å². The molecular weight excluding hydrogens is 180 g/mol. The fraction of sp³-hybridized carbons (Fsp3) is 1.00. The van der Waals surface area contributed by atoms with Gasteiger partial charge in [-0.1, -0.05) is 0 Å². The van der Waals surface area contributed by atoms with Gasteiger partial charge in [0.25, 0.3) is 0 Å². The van der Waals surface area contributed by atoms with Crippen molar-refractivity contribution in [1.29, 1.82) is 0 Å². The highest BCUT2D eigenvalue weighted by Crippen LogP contribution is 2.38. The van der Waals surface area contributed by atoms with Gasteiger partial charge in [0.05, 0.1) is 18.3 Å². The molecule has 0 unspecified atom stereocenters. The summed E-state index contributed by atoms with van der Waals surface area (Å²) in [6.45, 7) is 4.02. The minimum atomic E-state index is -0.379. The zero-order valence-corrected chi connectivity index (χ0v) is 9.03. The predicted molar refractivity (Wildman–Crippen MR) is 52.9 cm³/mol. The first-order chi connectivity index (χ1) is 6.61. The van der Waals surface area contributed by atoms with E-state index in [2.05, 4.69) is 6.92 Å². The van der Waals surface area contributed by atoms with Crippen molar-refractivity contribution >= 4 is 0 Å². The third kappa shape index (κ3) is 1.95. The molecule has 0 bridgehead atoms. The molecule has 4 atom stereocenters. The van der Waals surface area contributed by atoms with Crippen molar-refractivity contribution in [2.24, 2.45) is 0 Å². The lowest BCUT2D eigenvalue weighted by molar-refractivity contribution is -0.323. The fourth-order valence-corrected chi connectivity index (χ4v) is 2.49. The predicted octanol–water partition coefficient (Wildman–Crippen LogP) is 1.83. The molecule has 14 heavy (non-hydrogen) atoms. The van der Waals surface area contributed by atoms with E-state index in [1.54, 1.807) is 0 Å². The monoisotopic (exact) mass is 200 g/mol. The van der Waals surface area contributed by atoms with E-state index in [0.29, 0.717) is 6.10 Å². The minimum Gasteiger partial charge on any atom is -0.390 e. The smallest absolute Gasteiger partial charge is 0.169 e. The van der Waals surface area contributed by atoms with Crippen molar-refractivity contribution in [2.45, 2.75) is 70.1 Å². The van der Waals surface area contributed by atoms with E-state index >= 15 is 0 Å². The lowest BCUT2D eigenvalue weighted by atomic mass is 9.92. The fourth-order valence-electron chi connectivity index (χ4n) is 2.49. The molecule has 0 aromatic carbocycles. The molecule has 2 saturated heterocycles. The lowest BCUT2D eigenvalue weighted by Gasteiger charge is -2.46. The summed E-state index contributed by atoms with van der Waals surface area (Å²) in [7, 11) is 0. The van der Waals surface area contributed by atoms with E-state index < -0.39 is 0 Å². The van der Waals surface area contributed by atoms with Crippen LogP contribution in [0, 0.1) is 0 Å². The number of ether oxygens (including phenoxy) is 2. The number of hydrogen-bond donors (Lipinski definition) is 1. The Labute approximate surface area is 85.4 Å². The van der Waals surface area contributed by atoms with Crippen molar-refractivity contribution in [1.82, 2.24) is 0 Å². The molecule has 0 aromatic rings. The largest absolute Gasteiger partial charge is 0.390 e. The van der Waals surface area contributed by atoms with E-state index in [0.717, 1.165) is 25.7 Å². The second-order valence-corrected chi connectivity index (χ2v) is 4.66. The summed E-state index contributed by atoms with van der Waals surface area (Å²) in [5.41, 5.74) is 0. The van der Waals surface area contributed by atoms with Crippen molar-refractivity contribution < 1.29 is 14.6 Å². The first-order valence-corrected chi connectivity index (χ1v) is 5.65. The molecule has 1 N–H and O–H groups in total. The standard InChI is InChI=1S/C11H20O3/c1-8-4-3-6-11(13-8)7-5-10(12)9(2)14-11/h8-10,12H,3-7H2,1-2H3/t8-,9-,10+,11+/m0/s1. The van der Waals surface area contributed by atoms with E-state index in [9.17, 15) is 5.11 Å². The van der Waals surface area contributed by atoms with Crippen LogP contribution in [0.2, 0.25) is 0 Å². The van der Waals surface area contributed by atoms with Gasteiger partial charge in [-0.2, -0.15) is 0 Å². The average Bonchev–Trinajstić information content (AvgIpc) is 2.12. The van der Waals surface area contributed by atoms with E-state index in [1.165, 1.54) is 6.42 Å². The Hall–Kier alpha value is -0.120. The molecule has 0 radical (unpaired) electrons. The summed E-state index contributed by atoms with van der Waals surface area (Å²) in [5.74, 6) is -0.379. The van der Waals surface area contributed by atoms with Gasteiger partial charge in [0.15, 0.2) is 5.79 Å². The zero-order valence-electron chi connectivity index (χ0n) is 9.03. The van der Waals surface area contributed by atoms with Crippen LogP contribution in [0.15, 0.2) is 0 Å². The maximum absolute atomic E-state index is 9.58. The first kappa shape index (κ1) is 10.4. The van der Waals surface area contributed by atoms with Crippen LogP contribution in [-0.4, -0.2) is 29.2 Å². The van der Waals surface area contributed by atoms with Crippen molar-refractivity contribution in [2.75, 3.05) is 0 Å². The molecule has 2 aliphatic heterocycles. The van der Waals surface area contributed by atoms with Gasteiger partial charge < -0.3 is 14.6 Å². The Bertz CT molecular complexity index is 207. The van der Waals surface area contributed by atoms with Crippen LogP contribution in [0.4, 0.5) is 0 Å². The highest BCUT2D eigenvalue weighted by Gasteiger charge is 2.43. The van der Waals surface area contributed by atoms with Crippen molar-refractivity contribution in [3.05, 3.63) is 0 Å². The molecular formula is C11H20O3. The SMILES string of the molecule is C[C@@H]1O[C@]2(CCC[C@H](C)O2)CC[C@H]1O. The van der Waals surface area contributed by atoms with E-state index in [4.69, 9.17) is 9.47 Å². The Morgan fingerprint density at radius 3 is 2.57 bits per heavy atom. The average molecular weight is 200 g/mol. The van der Waals surface area contributed by atoms with Crippen LogP contribution >= 0.6 is 0 Å². The van der Waals surface area contributed by atoms with Gasteiger partial charge in [0.1, 0.15) is 0 Å². The van der Waals surface area contributed by atoms with Gasteiger partial charge in [0.2, 0.25) is 0 Å². The molecule has 2 heterocycles. The second kappa shape index (κ2) is 3.80. The van der Waals surface area contributed by atoms with Crippen molar-refractivity contribution in [3.8, 4) is 0 Å². The molecule has 0 aliphatic carbocycles. The number of rotatable bonds is 0.